The normalized spacial score (nSPS) is 11.8. The smallest absolute Gasteiger partial charge is 0.329 e. The molecule has 4 heteroatoms. The highest BCUT2D eigenvalue weighted by Crippen LogP contribution is 2.27. The number of nitrogens with zero attached hydrogens (tertiary/aromatic N) is 1. The van der Waals surface area contributed by atoms with Gasteiger partial charge >= 0.3 is 5.97 Å². The number of rotatable bonds is 5. The third kappa shape index (κ3) is 2.92. The molecule has 19 heavy (non-hydrogen) atoms. The van der Waals surface area contributed by atoms with Gasteiger partial charge in [-0.2, -0.15) is 0 Å². The van der Waals surface area contributed by atoms with E-state index >= 15 is 0 Å². The second kappa shape index (κ2) is 6.02. The first-order valence-corrected chi connectivity index (χ1v) is 5.97. The number of aliphatic hydroxyl groups is 1. The fourth-order valence-corrected chi connectivity index (χ4v) is 1.96. The average molecular weight is 257 g/mol. The molecule has 4 nitrogen and oxygen atoms in total. The lowest BCUT2D eigenvalue weighted by atomic mass is 10.1. The first-order chi connectivity index (χ1) is 9.24. The zero-order valence-electron chi connectivity index (χ0n) is 10.3. The van der Waals surface area contributed by atoms with Crippen LogP contribution in [0.3, 0.4) is 0 Å². The molecule has 0 radical (unpaired) electrons. The number of aliphatic carboxylic acids is 1. The molecule has 0 aromatic heterocycles. The van der Waals surface area contributed by atoms with Gasteiger partial charge in [-0.15, -0.1) is 0 Å². The lowest BCUT2D eigenvalue weighted by Gasteiger charge is -2.29. The van der Waals surface area contributed by atoms with Crippen LogP contribution in [-0.2, 0) is 4.79 Å². The van der Waals surface area contributed by atoms with Gasteiger partial charge < -0.3 is 15.1 Å². The van der Waals surface area contributed by atoms with E-state index in [1.165, 1.54) is 0 Å². The number of hydrogen-bond donors (Lipinski definition) is 2. The van der Waals surface area contributed by atoms with Gasteiger partial charge in [0.05, 0.1) is 6.61 Å². The molecule has 0 aliphatic heterocycles. The zero-order valence-corrected chi connectivity index (χ0v) is 10.3. The van der Waals surface area contributed by atoms with Gasteiger partial charge in [-0.1, -0.05) is 36.4 Å². The van der Waals surface area contributed by atoms with Crippen LogP contribution in [0.4, 0.5) is 11.4 Å². The molecular formula is C15H15NO3. The summed E-state index contributed by atoms with van der Waals surface area (Å²) in [5, 5.41) is 18.6. The van der Waals surface area contributed by atoms with Crippen LogP contribution < -0.4 is 4.90 Å². The number of benzene rings is 2. The van der Waals surface area contributed by atoms with Gasteiger partial charge in [-0.25, -0.2) is 4.79 Å². The minimum Gasteiger partial charge on any atom is -0.480 e. The Bertz CT molecular complexity index is 488. The summed E-state index contributed by atoms with van der Waals surface area (Å²) < 4.78 is 0. The summed E-state index contributed by atoms with van der Waals surface area (Å²) in [6, 6.07) is 17.3. The summed E-state index contributed by atoms with van der Waals surface area (Å²) in [5.41, 5.74) is 1.46. The standard InChI is InChI=1S/C15H15NO3/c17-11-14(15(18)19)16(12-7-3-1-4-8-12)13-9-5-2-6-10-13/h1-10,14,17H,11H2,(H,18,19). The lowest BCUT2D eigenvalue weighted by Crippen LogP contribution is -2.40. The lowest BCUT2D eigenvalue weighted by molar-refractivity contribution is -0.139. The molecule has 1 atom stereocenters. The van der Waals surface area contributed by atoms with Gasteiger partial charge in [0.25, 0.3) is 0 Å². The topological polar surface area (TPSA) is 60.8 Å². The van der Waals surface area contributed by atoms with Crippen LogP contribution in [0.5, 0.6) is 0 Å². The van der Waals surface area contributed by atoms with Crippen molar-refractivity contribution in [3.63, 3.8) is 0 Å². The number of aliphatic hydroxyl groups excluding tert-OH is 1. The van der Waals surface area contributed by atoms with Gasteiger partial charge in [0, 0.05) is 11.4 Å². The van der Waals surface area contributed by atoms with E-state index in [0.29, 0.717) is 0 Å². The molecule has 0 aliphatic rings. The maximum absolute atomic E-state index is 11.3. The molecule has 0 aliphatic carbocycles. The van der Waals surface area contributed by atoms with Crippen LogP contribution in [0.25, 0.3) is 0 Å². The molecule has 0 saturated heterocycles. The minimum absolute atomic E-state index is 0.459. The first-order valence-electron chi connectivity index (χ1n) is 5.97. The molecule has 2 rings (SSSR count). The Labute approximate surface area is 111 Å². The number of carboxylic acid groups (broad SMARTS) is 1. The summed E-state index contributed by atoms with van der Waals surface area (Å²) in [4.78, 5) is 12.9. The van der Waals surface area contributed by atoms with Crippen molar-refractivity contribution in [1.82, 2.24) is 0 Å². The summed E-state index contributed by atoms with van der Waals surface area (Å²) in [7, 11) is 0. The van der Waals surface area contributed by atoms with Crippen LogP contribution in [0, 0.1) is 0 Å². The summed E-state index contributed by atoms with van der Waals surface area (Å²) in [5.74, 6) is -1.06. The van der Waals surface area contributed by atoms with E-state index in [4.69, 9.17) is 0 Å². The average Bonchev–Trinajstić information content (AvgIpc) is 2.46. The molecule has 0 bridgehead atoms. The predicted octanol–water partition coefficient (Wildman–Crippen LogP) is 2.27. The Morgan fingerprint density at radius 3 is 1.68 bits per heavy atom. The molecule has 2 aromatic carbocycles. The van der Waals surface area contributed by atoms with Gasteiger partial charge in [0.15, 0.2) is 6.04 Å². The van der Waals surface area contributed by atoms with E-state index in [1.54, 1.807) is 4.90 Å². The minimum atomic E-state index is -1.06. The summed E-state index contributed by atoms with van der Waals surface area (Å²) in [6.07, 6.45) is 0. The molecule has 0 amide bonds. The number of hydrogen-bond acceptors (Lipinski definition) is 3. The molecular weight excluding hydrogens is 242 g/mol. The van der Waals surface area contributed by atoms with Crippen LogP contribution in [0.1, 0.15) is 0 Å². The van der Waals surface area contributed by atoms with Crippen molar-refractivity contribution in [2.24, 2.45) is 0 Å². The van der Waals surface area contributed by atoms with Crippen LogP contribution >= 0.6 is 0 Å². The highest BCUT2D eigenvalue weighted by Gasteiger charge is 2.26. The monoisotopic (exact) mass is 257 g/mol. The largest absolute Gasteiger partial charge is 0.480 e. The van der Waals surface area contributed by atoms with Crippen molar-refractivity contribution in [3.05, 3.63) is 60.7 Å². The third-order valence-electron chi connectivity index (χ3n) is 2.84. The Hall–Kier alpha value is -2.33. The SMILES string of the molecule is O=C(O)C(CO)N(c1ccccc1)c1ccccc1. The molecule has 2 aromatic rings. The Kier molecular flexibility index (Phi) is 4.15. The van der Waals surface area contributed by atoms with Crippen molar-refractivity contribution in [3.8, 4) is 0 Å². The quantitative estimate of drug-likeness (QED) is 0.862. The second-order valence-corrected chi connectivity index (χ2v) is 4.08. The Balaban J connectivity index is 2.48. The predicted molar refractivity (Wildman–Crippen MR) is 73.5 cm³/mol. The molecule has 0 spiro atoms. The number of carbonyl (C=O) groups is 1. The van der Waals surface area contributed by atoms with E-state index in [2.05, 4.69) is 0 Å². The van der Waals surface area contributed by atoms with Crippen LogP contribution in [0.15, 0.2) is 60.7 Å². The molecule has 0 heterocycles. The van der Waals surface area contributed by atoms with E-state index in [9.17, 15) is 15.0 Å². The number of anilines is 2. The van der Waals surface area contributed by atoms with Gasteiger partial charge in [-0.05, 0) is 24.3 Å². The maximum Gasteiger partial charge on any atom is 0.329 e. The van der Waals surface area contributed by atoms with E-state index in [0.717, 1.165) is 11.4 Å². The number of para-hydroxylation sites is 2. The highest BCUT2D eigenvalue weighted by molar-refractivity contribution is 5.82. The van der Waals surface area contributed by atoms with Crippen molar-refractivity contribution < 1.29 is 15.0 Å². The van der Waals surface area contributed by atoms with Crippen molar-refractivity contribution >= 4 is 17.3 Å². The van der Waals surface area contributed by atoms with E-state index in [1.807, 2.05) is 60.7 Å². The van der Waals surface area contributed by atoms with Gasteiger partial charge in [0.1, 0.15) is 0 Å². The summed E-state index contributed by atoms with van der Waals surface area (Å²) in [6.45, 7) is -0.459. The Morgan fingerprint density at radius 2 is 1.37 bits per heavy atom. The zero-order chi connectivity index (χ0) is 13.7. The molecule has 0 fully saturated rings. The van der Waals surface area contributed by atoms with Gasteiger partial charge in [-0.3, -0.25) is 0 Å². The third-order valence-corrected chi connectivity index (χ3v) is 2.84. The molecule has 0 saturated carbocycles. The highest BCUT2D eigenvalue weighted by atomic mass is 16.4. The van der Waals surface area contributed by atoms with Crippen molar-refractivity contribution in [1.29, 1.82) is 0 Å². The number of carboxylic acids is 1. The fraction of sp³-hybridized carbons (Fsp3) is 0.133. The van der Waals surface area contributed by atoms with Crippen LogP contribution in [-0.4, -0.2) is 28.8 Å². The summed E-state index contributed by atoms with van der Waals surface area (Å²) >= 11 is 0. The maximum atomic E-state index is 11.3. The van der Waals surface area contributed by atoms with Crippen molar-refractivity contribution in [2.75, 3.05) is 11.5 Å². The van der Waals surface area contributed by atoms with Crippen LogP contribution in [0.2, 0.25) is 0 Å². The van der Waals surface area contributed by atoms with Crippen molar-refractivity contribution in [2.45, 2.75) is 6.04 Å². The second-order valence-electron chi connectivity index (χ2n) is 4.08. The molecule has 2 N–H and O–H groups in total. The molecule has 1 unspecified atom stereocenters. The van der Waals surface area contributed by atoms with E-state index in [-0.39, 0.29) is 0 Å². The Morgan fingerprint density at radius 1 is 0.947 bits per heavy atom. The molecule has 98 valence electrons. The fourth-order valence-electron chi connectivity index (χ4n) is 1.96. The van der Waals surface area contributed by atoms with E-state index < -0.39 is 18.6 Å². The first kappa shape index (κ1) is 13.1. The van der Waals surface area contributed by atoms with Gasteiger partial charge in [0.2, 0.25) is 0 Å².